The highest BCUT2D eigenvalue weighted by Gasteiger charge is 1.85. The minimum Gasteiger partial charge on any atom is -0.404 e. The van der Waals surface area contributed by atoms with Crippen LogP contribution in [0, 0.1) is 0 Å². The van der Waals surface area contributed by atoms with E-state index >= 15 is 0 Å². The molecular weight excluding hydrogens is 114 g/mol. The van der Waals surface area contributed by atoms with Gasteiger partial charge in [0.05, 0.1) is 0 Å². The largest absolute Gasteiger partial charge is 0.404 e. The van der Waals surface area contributed by atoms with Gasteiger partial charge in [-0.1, -0.05) is 0 Å². The molecule has 0 aromatic rings. The first-order valence-electron chi connectivity index (χ1n) is 2.82. The van der Waals surface area contributed by atoms with Crippen LogP contribution in [0.3, 0.4) is 0 Å². The van der Waals surface area contributed by atoms with E-state index in [-0.39, 0.29) is 0 Å². The lowest BCUT2D eigenvalue weighted by Gasteiger charge is -1.95. The van der Waals surface area contributed by atoms with E-state index in [0.29, 0.717) is 0 Å². The van der Waals surface area contributed by atoms with Crippen molar-refractivity contribution in [1.82, 2.24) is 5.32 Å². The van der Waals surface area contributed by atoms with Crippen LogP contribution >= 0.6 is 0 Å². The summed E-state index contributed by atoms with van der Waals surface area (Å²) in [7, 11) is 3.59. The van der Waals surface area contributed by atoms with Gasteiger partial charge in [-0.3, -0.25) is 4.99 Å². The van der Waals surface area contributed by atoms with E-state index < -0.39 is 0 Å². The summed E-state index contributed by atoms with van der Waals surface area (Å²) in [5.74, 6) is 0. The van der Waals surface area contributed by atoms with Crippen LogP contribution in [0.5, 0.6) is 0 Å². The van der Waals surface area contributed by atoms with Crippen molar-refractivity contribution in [3.8, 4) is 0 Å². The highest BCUT2D eigenvalue weighted by molar-refractivity contribution is 5.78. The minimum absolute atomic E-state index is 0.772. The zero-order valence-electron chi connectivity index (χ0n) is 5.89. The molecule has 0 rings (SSSR count). The summed E-state index contributed by atoms with van der Waals surface area (Å²) in [4.78, 5) is 3.81. The van der Waals surface area contributed by atoms with Crippen LogP contribution in [0.1, 0.15) is 0 Å². The van der Waals surface area contributed by atoms with Crippen LogP contribution < -0.4 is 11.1 Å². The second kappa shape index (κ2) is 5.31. The molecular formula is C6H13N3. The normalized spacial score (nSPS) is 12.9. The molecule has 0 aliphatic heterocycles. The third-order valence-electron chi connectivity index (χ3n) is 0.890. The maximum absolute atomic E-state index is 5.25. The summed E-state index contributed by atoms with van der Waals surface area (Å²) in [6.45, 7) is 0.772. The lowest BCUT2D eigenvalue weighted by molar-refractivity contribution is 0.902. The van der Waals surface area contributed by atoms with Crippen molar-refractivity contribution in [2.45, 2.75) is 0 Å². The Morgan fingerprint density at radius 1 is 1.78 bits per heavy atom. The Morgan fingerprint density at radius 3 is 2.78 bits per heavy atom. The molecule has 0 aromatic heterocycles. The Labute approximate surface area is 55.7 Å². The van der Waals surface area contributed by atoms with Gasteiger partial charge in [-0.15, -0.1) is 0 Å². The lowest BCUT2D eigenvalue weighted by atomic mass is 10.3. The summed E-state index contributed by atoms with van der Waals surface area (Å²) < 4.78 is 0. The quantitative estimate of drug-likeness (QED) is 0.513. The monoisotopic (exact) mass is 127 g/mol. The van der Waals surface area contributed by atoms with Gasteiger partial charge in [0.2, 0.25) is 0 Å². The van der Waals surface area contributed by atoms with Crippen molar-refractivity contribution in [2.24, 2.45) is 10.7 Å². The highest BCUT2D eigenvalue weighted by atomic mass is 14.8. The number of nitrogens with two attached hydrogens (primary N) is 1. The molecule has 0 amide bonds. The van der Waals surface area contributed by atoms with Crippen LogP contribution in [-0.2, 0) is 0 Å². The number of hydrogen-bond donors (Lipinski definition) is 2. The third kappa shape index (κ3) is 3.73. The average Bonchev–Trinajstić information content (AvgIpc) is 1.88. The van der Waals surface area contributed by atoms with Crippen LogP contribution in [0.4, 0.5) is 0 Å². The van der Waals surface area contributed by atoms with Gasteiger partial charge >= 0.3 is 0 Å². The fraction of sp³-hybridized carbons (Fsp3) is 0.500. The predicted molar refractivity (Wildman–Crippen MR) is 40.6 cm³/mol. The van der Waals surface area contributed by atoms with E-state index in [9.17, 15) is 0 Å². The molecule has 9 heavy (non-hydrogen) atoms. The van der Waals surface area contributed by atoms with Crippen LogP contribution in [0.2, 0.25) is 0 Å². The third-order valence-corrected chi connectivity index (χ3v) is 0.890. The topological polar surface area (TPSA) is 50.4 Å². The molecule has 0 bridgehead atoms. The Morgan fingerprint density at radius 2 is 2.44 bits per heavy atom. The summed E-state index contributed by atoms with van der Waals surface area (Å²) in [6, 6.07) is 0. The molecule has 0 saturated heterocycles. The zero-order chi connectivity index (χ0) is 7.11. The van der Waals surface area contributed by atoms with E-state index in [1.54, 1.807) is 19.5 Å². The van der Waals surface area contributed by atoms with Crippen molar-refractivity contribution in [2.75, 3.05) is 20.6 Å². The van der Waals surface area contributed by atoms with Gasteiger partial charge in [0.25, 0.3) is 0 Å². The van der Waals surface area contributed by atoms with Crippen molar-refractivity contribution in [1.29, 1.82) is 0 Å². The van der Waals surface area contributed by atoms with Crippen LogP contribution in [0.25, 0.3) is 0 Å². The van der Waals surface area contributed by atoms with Crippen LogP contribution in [-0.4, -0.2) is 26.9 Å². The van der Waals surface area contributed by atoms with Crippen molar-refractivity contribution in [3.63, 3.8) is 0 Å². The zero-order valence-corrected chi connectivity index (χ0v) is 5.89. The maximum Gasteiger partial charge on any atom is 0.0277 e. The van der Waals surface area contributed by atoms with Gasteiger partial charge in [-0.05, 0) is 18.8 Å². The molecule has 0 radical (unpaired) electrons. The molecule has 0 atom stereocenters. The molecule has 0 aromatic carbocycles. The number of rotatable bonds is 3. The van der Waals surface area contributed by atoms with Gasteiger partial charge in [0, 0.05) is 19.8 Å². The summed E-state index contributed by atoms with van der Waals surface area (Å²) in [6.07, 6.45) is 3.28. The fourth-order valence-electron chi connectivity index (χ4n) is 0.518. The molecule has 3 heteroatoms. The van der Waals surface area contributed by atoms with Gasteiger partial charge in [-0.2, -0.15) is 0 Å². The molecule has 0 spiro atoms. The first kappa shape index (κ1) is 8.17. The highest BCUT2D eigenvalue weighted by Crippen LogP contribution is 1.81. The van der Waals surface area contributed by atoms with Crippen molar-refractivity contribution < 1.29 is 0 Å². The molecule has 52 valence electrons. The Balaban J connectivity index is 3.70. The van der Waals surface area contributed by atoms with E-state index in [4.69, 9.17) is 5.73 Å². The summed E-state index contributed by atoms with van der Waals surface area (Å²) in [5.41, 5.74) is 6.25. The average molecular weight is 127 g/mol. The SMILES string of the molecule is CN=CC(=CN)CNC. The Kier molecular flexibility index (Phi) is 4.82. The number of nitrogens with one attached hydrogen (secondary N) is 1. The number of likely N-dealkylation sites (N-methyl/N-ethyl adjacent to an activating group) is 1. The summed E-state index contributed by atoms with van der Waals surface area (Å²) >= 11 is 0. The van der Waals surface area contributed by atoms with E-state index in [2.05, 4.69) is 10.3 Å². The molecule has 0 saturated carbocycles. The first-order chi connectivity index (χ1) is 4.35. The minimum atomic E-state index is 0.772. The van der Waals surface area contributed by atoms with Crippen LogP contribution in [0.15, 0.2) is 16.8 Å². The molecule has 0 aliphatic carbocycles. The summed E-state index contributed by atoms with van der Waals surface area (Å²) in [5, 5.41) is 2.96. The standard InChI is InChI=1S/C6H13N3/c1-8-4-6(3-7)5-9-2/h3-4,9H,5,7H2,1-2H3. The smallest absolute Gasteiger partial charge is 0.0277 e. The fourth-order valence-corrected chi connectivity index (χ4v) is 0.518. The Hall–Kier alpha value is -0.830. The molecule has 0 fully saturated rings. The predicted octanol–water partition coefficient (Wildman–Crippen LogP) is -0.251. The van der Waals surface area contributed by atoms with E-state index in [1.165, 1.54) is 0 Å². The molecule has 3 nitrogen and oxygen atoms in total. The van der Waals surface area contributed by atoms with Gasteiger partial charge < -0.3 is 11.1 Å². The molecule has 3 N–H and O–H groups in total. The molecule has 0 heterocycles. The molecule has 0 unspecified atom stereocenters. The van der Waals surface area contributed by atoms with Gasteiger partial charge in [-0.25, -0.2) is 0 Å². The molecule has 0 aliphatic rings. The van der Waals surface area contributed by atoms with Gasteiger partial charge in [0.15, 0.2) is 0 Å². The second-order valence-electron chi connectivity index (χ2n) is 1.66. The van der Waals surface area contributed by atoms with E-state index in [0.717, 1.165) is 12.1 Å². The maximum atomic E-state index is 5.25. The van der Waals surface area contributed by atoms with E-state index in [1.807, 2.05) is 7.05 Å². The number of nitrogens with zero attached hydrogens (tertiary/aromatic N) is 1. The first-order valence-corrected chi connectivity index (χ1v) is 2.82. The second-order valence-corrected chi connectivity index (χ2v) is 1.66. The van der Waals surface area contributed by atoms with Crippen molar-refractivity contribution in [3.05, 3.63) is 11.8 Å². The Bertz CT molecular complexity index is 115. The van der Waals surface area contributed by atoms with Gasteiger partial charge in [0.1, 0.15) is 0 Å². The number of aliphatic imine (C=N–C) groups is 1. The number of hydrogen-bond acceptors (Lipinski definition) is 3. The lowest BCUT2D eigenvalue weighted by Crippen LogP contribution is -2.12. The van der Waals surface area contributed by atoms with Crippen molar-refractivity contribution >= 4 is 6.21 Å².